The highest BCUT2D eigenvalue weighted by Gasteiger charge is 2.28. The van der Waals surface area contributed by atoms with Gasteiger partial charge in [0.05, 0.1) is 5.69 Å². The maximum absolute atomic E-state index is 12.8. The highest BCUT2D eigenvalue weighted by molar-refractivity contribution is 5.92. The van der Waals surface area contributed by atoms with Gasteiger partial charge in [0.25, 0.3) is 5.91 Å². The first-order valence-corrected chi connectivity index (χ1v) is 8.24. The van der Waals surface area contributed by atoms with Crippen LogP contribution >= 0.6 is 0 Å². The van der Waals surface area contributed by atoms with Crippen molar-refractivity contribution in [3.63, 3.8) is 0 Å². The Morgan fingerprint density at radius 1 is 1.39 bits per heavy atom. The van der Waals surface area contributed by atoms with Gasteiger partial charge >= 0.3 is 5.97 Å². The van der Waals surface area contributed by atoms with Gasteiger partial charge < -0.3 is 10.0 Å². The molecule has 0 spiro atoms. The average Bonchev–Trinajstić information content (AvgIpc) is 2.87. The molecule has 23 heavy (non-hydrogen) atoms. The summed E-state index contributed by atoms with van der Waals surface area (Å²) in [6.45, 7) is 7.60. The van der Waals surface area contributed by atoms with Crippen LogP contribution in [0.15, 0.2) is 6.07 Å². The fourth-order valence-electron chi connectivity index (χ4n) is 3.01. The van der Waals surface area contributed by atoms with E-state index in [1.807, 2.05) is 11.0 Å². The van der Waals surface area contributed by atoms with Crippen LogP contribution in [-0.4, -0.2) is 44.8 Å². The molecule has 6 nitrogen and oxygen atoms in total. The van der Waals surface area contributed by atoms with Gasteiger partial charge in [0.2, 0.25) is 0 Å². The number of carboxylic acids is 1. The van der Waals surface area contributed by atoms with Gasteiger partial charge in [-0.25, -0.2) is 0 Å². The SMILES string of the molecule is Cn1nc(C(C)(C)C)cc1C(=O)N1CCC[C@H](CCC(=O)O)C1. The number of rotatable bonds is 4. The number of likely N-dealkylation sites (tertiary alicyclic amines) is 1. The molecule has 0 radical (unpaired) electrons. The van der Waals surface area contributed by atoms with Crippen molar-refractivity contribution < 1.29 is 14.7 Å². The summed E-state index contributed by atoms with van der Waals surface area (Å²) < 4.78 is 1.66. The van der Waals surface area contributed by atoms with E-state index in [-0.39, 0.29) is 23.7 Å². The molecule has 0 unspecified atom stereocenters. The lowest BCUT2D eigenvalue weighted by Crippen LogP contribution is -2.40. The molecule has 1 atom stereocenters. The molecule has 1 amide bonds. The van der Waals surface area contributed by atoms with Crippen molar-refractivity contribution in [1.29, 1.82) is 0 Å². The molecule has 1 aromatic rings. The van der Waals surface area contributed by atoms with E-state index in [0.717, 1.165) is 25.1 Å². The number of carbonyl (C=O) groups is 2. The number of aryl methyl sites for hydroxylation is 1. The van der Waals surface area contributed by atoms with Crippen LogP contribution in [0.2, 0.25) is 0 Å². The molecular weight excluding hydrogens is 294 g/mol. The first kappa shape index (κ1) is 17.5. The Hall–Kier alpha value is -1.85. The second-order valence-corrected chi connectivity index (χ2v) is 7.48. The number of piperidine rings is 1. The molecule has 2 heterocycles. The molecule has 1 aliphatic rings. The highest BCUT2D eigenvalue weighted by Crippen LogP contribution is 2.25. The summed E-state index contributed by atoms with van der Waals surface area (Å²) in [5, 5.41) is 13.3. The lowest BCUT2D eigenvalue weighted by Gasteiger charge is -2.32. The summed E-state index contributed by atoms with van der Waals surface area (Å²) in [5.41, 5.74) is 1.42. The Labute approximate surface area is 137 Å². The van der Waals surface area contributed by atoms with Crippen LogP contribution in [0.1, 0.15) is 62.6 Å². The molecule has 0 aromatic carbocycles. The van der Waals surface area contributed by atoms with E-state index in [1.54, 1.807) is 11.7 Å². The number of hydrogen-bond donors (Lipinski definition) is 1. The third-order valence-electron chi connectivity index (χ3n) is 4.44. The second kappa shape index (κ2) is 6.72. The number of carboxylic acid groups (broad SMARTS) is 1. The number of hydrogen-bond acceptors (Lipinski definition) is 3. The van der Waals surface area contributed by atoms with Crippen LogP contribution in [0.25, 0.3) is 0 Å². The molecule has 1 fully saturated rings. The summed E-state index contributed by atoms with van der Waals surface area (Å²) in [6, 6.07) is 1.88. The Balaban J connectivity index is 2.08. The van der Waals surface area contributed by atoms with Gasteiger partial charge in [0.15, 0.2) is 0 Å². The molecule has 1 aliphatic heterocycles. The van der Waals surface area contributed by atoms with Crippen LogP contribution in [-0.2, 0) is 17.3 Å². The van der Waals surface area contributed by atoms with E-state index < -0.39 is 5.97 Å². The van der Waals surface area contributed by atoms with E-state index in [0.29, 0.717) is 18.7 Å². The van der Waals surface area contributed by atoms with Crippen molar-refractivity contribution in [2.45, 2.75) is 51.9 Å². The fourth-order valence-corrected chi connectivity index (χ4v) is 3.01. The summed E-state index contributed by atoms with van der Waals surface area (Å²) in [6.07, 6.45) is 2.74. The van der Waals surface area contributed by atoms with Gasteiger partial charge in [0, 0.05) is 32.0 Å². The third-order valence-corrected chi connectivity index (χ3v) is 4.44. The predicted molar refractivity (Wildman–Crippen MR) is 87.4 cm³/mol. The standard InChI is InChI=1S/C17H27N3O3/c1-17(2,3)14-10-13(19(4)18-14)16(23)20-9-5-6-12(11-20)7-8-15(21)22/h10,12H,5-9,11H2,1-4H3,(H,21,22)/t12-/m1/s1. The Morgan fingerprint density at radius 3 is 2.65 bits per heavy atom. The number of carbonyl (C=O) groups excluding carboxylic acids is 1. The van der Waals surface area contributed by atoms with Crippen molar-refractivity contribution in [3.8, 4) is 0 Å². The van der Waals surface area contributed by atoms with E-state index in [1.165, 1.54) is 0 Å². The summed E-state index contributed by atoms with van der Waals surface area (Å²) in [7, 11) is 1.80. The van der Waals surface area contributed by atoms with Crippen LogP contribution in [0, 0.1) is 5.92 Å². The maximum atomic E-state index is 12.8. The highest BCUT2D eigenvalue weighted by atomic mass is 16.4. The molecule has 128 valence electrons. The van der Waals surface area contributed by atoms with Gasteiger partial charge in [-0.3, -0.25) is 14.3 Å². The maximum Gasteiger partial charge on any atom is 0.303 e. The minimum Gasteiger partial charge on any atom is -0.481 e. The van der Waals surface area contributed by atoms with E-state index in [2.05, 4.69) is 25.9 Å². The first-order chi connectivity index (χ1) is 10.7. The Bertz CT molecular complexity index is 586. The topological polar surface area (TPSA) is 75.4 Å². The van der Waals surface area contributed by atoms with E-state index in [4.69, 9.17) is 5.11 Å². The van der Waals surface area contributed by atoms with Crippen LogP contribution in [0.3, 0.4) is 0 Å². The molecule has 0 aliphatic carbocycles. The minimum atomic E-state index is -0.769. The first-order valence-electron chi connectivity index (χ1n) is 8.24. The number of aromatic nitrogens is 2. The Kier molecular flexibility index (Phi) is 5.12. The zero-order chi connectivity index (χ0) is 17.2. The van der Waals surface area contributed by atoms with E-state index in [9.17, 15) is 9.59 Å². The molecule has 1 N–H and O–H groups in total. The van der Waals surface area contributed by atoms with Crippen LogP contribution in [0.4, 0.5) is 0 Å². The van der Waals surface area contributed by atoms with Crippen molar-refractivity contribution >= 4 is 11.9 Å². The van der Waals surface area contributed by atoms with Gasteiger partial charge in [-0.05, 0) is 31.2 Å². The summed E-state index contributed by atoms with van der Waals surface area (Å²) >= 11 is 0. The van der Waals surface area contributed by atoms with Gasteiger partial charge in [-0.2, -0.15) is 5.10 Å². The van der Waals surface area contributed by atoms with Crippen molar-refractivity contribution in [2.75, 3.05) is 13.1 Å². The Morgan fingerprint density at radius 2 is 2.09 bits per heavy atom. The quantitative estimate of drug-likeness (QED) is 0.924. The van der Waals surface area contributed by atoms with Crippen molar-refractivity contribution in [2.24, 2.45) is 13.0 Å². The molecule has 1 saturated heterocycles. The monoisotopic (exact) mass is 321 g/mol. The van der Waals surface area contributed by atoms with E-state index >= 15 is 0 Å². The van der Waals surface area contributed by atoms with Gasteiger partial charge in [-0.1, -0.05) is 20.8 Å². The molecule has 1 aromatic heterocycles. The summed E-state index contributed by atoms with van der Waals surface area (Å²) in [5.74, 6) is -0.496. The largest absolute Gasteiger partial charge is 0.481 e. The normalized spacial score (nSPS) is 19.0. The van der Waals surface area contributed by atoms with Crippen molar-refractivity contribution in [3.05, 3.63) is 17.5 Å². The lowest BCUT2D eigenvalue weighted by atomic mass is 9.92. The minimum absolute atomic E-state index is 0.00414. The van der Waals surface area contributed by atoms with Crippen molar-refractivity contribution in [1.82, 2.24) is 14.7 Å². The molecule has 0 bridgehead atoms. The lowest BCUT2D eigenvalue weighted by molar-refractivity contribution is -0.137. The van der Waals surface area contributed by atoms with Gasteiger partial charge in [0.1, 0.15) is 5.69 Å². The van der Waals surface area contributed by atoms with Crippen LogP contribution in [0.5, 0.6) is 0 Å². The zero-order valence-electron chi connectivity index (χ0n) is 14.5. The van der Waals surface area contributed by atoms with Gasteiger partial charge in [-0.15, -0.1) is 0 Å². The fraction of sp³-hybridized carbons (Fsp3) is 0.706. The second-order valence-electron chi connectivity index (χ2n) is 7.48. The molecule has 2 rings (SSSR count). The zero-order valence-corrected chi connectivity index (χ0v) is 14.5. The van der Waals surface area contributed by atoms with Crippen LogP contribution < -0.4 is 0 Å². The molecular formula is C17H27N3O3. The smallest absolute Gasteiger partial charge is 0.303 e. The predicted octanol–water partition coefficient (Wildman–Crippen LogP) is 2.43. The summed E-state index contributed by atoms with van der Waals surface area (Å²) in [4.78, 5) is 25.4. The third kappa shape index (κ3) is 4.33. The molecule has 0 saturated carbocycles. The number of aliphatic carboxylic acids is 1. The number of amides is 1. The number of nitrogens with zero attached hydrogens (tertiary/aromatic N) is 3. The molecule has 6 heteroatoms. The average molecular weight is 321 g/mol.